The summed E-state index contributed by atoms with van der Waals surface area (Å²) < 4.78 is 14.9. The lowest BCUT2D eigenvalue weighted by Crippen LogP contribution is -2.45. The first-order valence-corrected chi connectivity index (χ1v) is 13.4. The molecule has 5 nitrogen and oxygen atoms in total. The number of benzene rings is 2. The average molecular weight is 539 g/mol. The van der Waals surface area contributed by atoms with Crippen molar-refractivity contribution in [2.45, 2.75) is 32.7 Å². The highest BCUT2D eigenvalue weighted by Crippen LogP contribution is 2.26. The minimum atomic E-state index is -0.197. The summed E-state index contributed by atoms with van der Waals surface area (Å²) in [7, 11) is 0. The van der Waals surface area contributed by atoms with E-state index < -0.39 is 0 Å². The van der Waals surface area contributed by atoms with Crippen molar-refractivity contribution in [3.05, 3.63) is 99.2 Å². The number of rotatable bonds is 8. The Morgan fingerprint density at radius 3 is 2.30 bits per heavy atom. The van der Waals surface area contributed by atoms with Gasteiger partial charge in [0.15, 0.2) is 5.78 Å². The van der Waals surface area contributed by atoms with E-state index in [-0.39, 0.29) is 11.6 Å². The van der Waals surface area contributed by atoms with Gasteiger partial charge in [-0.15, -0.1) is 0 Å². The molecule has 3 heterocycles. The molecule has 2 aromatic carbocycles. The Morgan fingerprint density at radius 1 is 0.946 bits per heavy atom. The van der Waals surface area contributed by atoms with Crippen molar-refractivity contribution in [1.82, 2.24) is 14.3 Å². The van der Waals surface area contributed by atoms with Crippen LogP contribution in [0.15, 0.2) is 60.8 Å². The molecule has 2 aromatic heterocycles. The molecule has 1 aliphatic heterocycles. The third-order valence-corrected chi connectivity index (χ3v) is 7.68. The standard InChI is InChI=1S/C29H29Cl2FN4O/c1-2-26-29(36-19-25(31)24(30)17-28(36)33-26)27(37)12-7-20-5-10-23(11-6-20)35-15-13-34(14-16-35)18-21-3-8-22(32)9-4-21/h3-6,8-11,17,19H,2,7,12-16,18H2,1H3. The van der Waals surface area contributed by atoms with Crippen molar-refractivity contribution in [1.29, 1.82) is 0 Å². The molecule has 5 rings (SSSR count). The molecular formula is C29H29Cl2FN4O. The molecule has 192 valence electrons. The highest BCUT2D eigenvalue weighted by molar-refractivity contribution is 6.42. The van der Waals surface area contributed by atoms with E-state index in [1.54, 1.807) is 16.7 Å². The third-order valence-electron chi connectivity index (χ3n) is 6.97. The Hall–Kier alpha value is -2.93. The number of carbonyl (C=O) groups is 1. The number of hydrogen-bond acceptors (Lipinski definition) is 4. The maximum absolute atomic E-state index is 13.2. The van der Waals surface area contributed by atoms with Crippen LogP contribution in [0.4, 0.5) is 10.1 Å². The number of pyridine rings is 1. The van der Waals surface area contributed by atoms with Gasteiger partial charge in [-0.05, 0) is 48.2 Å². The monoisotopic (exact) mass is 538 g/mol. The fraction of sp³-hybridized carbons (Fsp3) is 0.310. The van der Waals surface area contributed by atoms with Gasteiger partial charge >= 0.3 is 0 Å². The van der Waals surface area contributed by atoms with E-state index in [9.17, 15) is 9.18 Å². The van der Waals surface area contributed by atoms with E-state index in [1.165, 1.54) is 17.8 Å². The van der Waals surface area contributed by atoms with E-state index in [4.69, 9.17) is 23.2 Å². The van der Waals surface area contributed by atoms with Crippen LogP contribution in [0.25, 0.3) is 5.65 Å². The lowest BCUT2D eigenvalue weighted by molar-refractivity contribution is 0.0976. The predicted molar refractivity (Wildman–Crippen MR) is 148 cm³/mol. The van der Waals surface area contributed by atoms with Crippen molar-refractivity contribution in [2.24, 2.45) is 0 Å². The van der Waals surface area contributed by atoms with Gasteiger partial charge < -0.3 is 4.90 Å². The Morgan fingerprint density at radius 2 is 1.62 bits per heavy atom. The first-order valence-electron chi connectivity index (χ1n) is 12.6. The van der Waals surface area contributed by atoms with Crippen LogP contribution in [0.5, 0.6) is 0 Å². The van der Waals surface area contributed by atoms with Gasteiger partial charge in [-0.3, -0.25) is 14.1 Å². The second-order valence-electron chi connectivity index (χ2n) is 9.44. The fourth-order valence-electron chi connectivity index (χ4n) is 4.89. The normalized spacial score (nSPS) is 14.4. The molecule has 0 aliphatic carbocycles. The van der Waals surface area contributed by atoms with Crippen LogP contribution in [-0.4, -0.2) is 46.2 Å². The number of piperazine rings is 1. The quantitative estimate of drug-likeness (QED) is 0.241. The van der Waals surface area contributed by atoms with Crippen LogP contribution in [0, 0.1) is 5.82 Å². The Balaban J connectivity index is 1.17. The van der Waals surface area contributed by atoms with Crippen LogP contribution < -0.4 is 4.90 Å². The van der Waals surface area contributed by atoms with Crippen LogP contribution in [0.3, 0.4) is 0 Å². The molecule has 1 aliphatic rings. The zero-order chi connectivity index (χ0) is 25.9. The molecule has 8 heteroatoms. The highest BCUT2D eigenvalue weighted by Gasteiger charge is 2.20. The summed E-state index contributed by atoms with van der Waals surface area (Å²) in [5.74, 6) is -0.151. The molecule has 1 saturated heterocycles. The lowest BCUT2D eigenvalue weighted by atomic mass is 10.0. The molecule has 0 bridgehead atoms. The maximum Gasteiger partial charge on any atom is 0.181 e. The van der Waals surface area contributed by atoms with Gasteiger partial charge in [-0.25, -0.2) is 9.37 Å². The number of hydrogen-bond donors (Lipinski definition) is 0. The molecular weight excluding hydrogens is 510 g/mol. The zero-order valence-electron chi connectivity index (χ0n) is 20.8. The van der Waals surface area contributed by atoms with Gasteiger partial charge in [-0.2, -0.15) is 0 Å². The minimum absolute atomic E-state index is 0.0455. The topological polar surface area (TPSA) is 40.9 Å². The Bertz CT molecular complexity index is 1390. The predicted octanol–water partition coefficient (Wildman–Crippen LogP) is 6.48. The SMILES string of the molecule is CCc1nc2cc(Cl)c(Cl)cn2c1C(=O)CCc1ccc(N2CCN(Cc3ccc(F)cc3)CC2)cc1. The van der Waals surface area contributed by atoms with Gasteiger partial charge in [-0.1, -0.05) is 54.4 Å². The summed E-state index contributed by atoms with van der Waals surface area (Å²) in [5.41, 5.74) is 5.44. The van der Waals surface area contributed by atoms with Gasteiger partial charge in [0.1, 0.15) is 17.2 Å². The van der Waals surface area contributed by atoms with Gasteiger partial charge in [0.2, 0.25) is 0 Å². The second-order valence-corrected chi connectivity index (χ2v) is 10.3. The van der Waals surface area contributed by atoms with E-state index in [0.717, 1.165) is 49.5 Å². The molecule has 0 amide bonds. The van der Waals surface area contributed by atoms with Crippen molar-refractivity contribution >= 4 is 40.3 Å². The van der Waals surface area contributed by atoms with Crippen LogP contribution in [0.2, 0.25) is 10.0 Å². The lowest BCUT2D eigenvalue weighted by Gasteiger charge is -2.36. The first kappa shape index (κ1) is 25.7. The number of Topliss-reactive ketones (excluding diaryl/α,β-unsaturated/α-hetero) is 1. The first-order chi connectivity index (χ1) is 17.9. The average Bonchev–Trinajstić information content (AvgIpc) is 3.27. The molecule has 1 fully saturated rings. The summed E-state index contributed by atoms with van der Waals surface area (Å²) in [5, 5.41) is 0.824. The number of fused-ring (bicyclic) bond motifs is 1. The molecule has 0 radical (unpaired) electrons. The number of aryl methyl sites for hydroxylation is 2. The molecule has 0 saturated carbocycles. The summed E-state index contributed by atoms with van der Waals surface area (Å²) in [4.78, 5) is 22.6. The van der Waals surface area contributed by atoms with Crippen molar-refractivity contribution in [3.8, 4) is 0 Å². The van der Waals surface area contributed by atoms with Crippen molar-refractivity contribution in [2.75, 3.05) is 31.1 Å². The van der Waals surface area contributed by atoms with Crippen molar-refractivity contribution < 1.29 is 9.18 Å². The molecule has 0 unspecified atom stereocenters. The molecule has 4 aromatic rings. The molecule has 0 N–H and O–H groups in total. The minimum Gasteiger partial charge on any atom is -0.369 e. The number of imidazole rings is 1. The summed E-state index contributed by atoms with van der Waals surface area (Å²) >= 11 is 12.3. The smallest absolute Gasteiger partial charge is 0.181 e. The van der Waals surface area contributed by atoms with E-state index in [0.29, 0.717) is 40.6 Å². The van der Waals surface area contributed by atoms with E-state index in [1.807, 2.05) is 19.1 Å². The summed E-state index contributed by atoms with van der Waals surface area (Å²) in [6, 6.07) is 17.0. The summed E-state index contributed by atoms with van der Waals surface area (Å²) in [6.45, 7) is 6.64. The van der Waals surface area contributed by atoms with Gasteiger partial charge in [0, 0.05) is 57.1 Å². The maximum atomic E-state index is 13.2. The fourth-order valence-corrected chi connectivity index (χ4v) is 5.19. The van der Waals surface area contributed by atoms with Gasteiger partial charge in [0.25, 0.3) is 0 Å². The van der Waals surface area contributed by atoms with E-state index in [2.05, 4.69) is 39.0 Å². The summed E-state index contributed by atoms with van der Waals surface area (Å²) in [6.07, 6.45) is 3.38. The van der Waals surface area contributed by atoms with Crippen molar-refractivity contribution in [3.63, 3.8) is 0 Å². The number of aromatic nitrogens is 2. The third kappa shape index (κ3) is 5.82. The number of nitrogens with zero attached hydrogens (tertiary/aromatic N) is 4. The largest absolute Gasteiger partial charge is 0.369 e. The number of anilines is 1. The number of carbonyl (C=O) groups excluding carboxylic acids is 1. The zero-order valence-corrected chi connectivity index (χ0v) is 22.3. The Labute approximate surface area is 226 Å². The number of halogens is 3. The molecule has 0 spiro atoms. The highest BCUT2D eigenvalue weighted by atomic mass is 35.5. The van der Waals surface area contributed by atoms with Gasteiger partial charge in [0.05, 0.1) is 15.7 Å². The van der Waals surface area contributed by atoms with Crippen LogP contribution >= 0.6 is 23.2 Å². The number of ketones is 1. The van der Waals surface area contributed by atoms with E-state index >= 15 is 0 Å². The molecule has 37 heavy (non-hydrogen) atoms. The van der Waals surface area contributed by atoms with Crippen LogP contribution in [0.1, 0.15) is 40.7 Å². The Kier molecular flexibility index (Phi) is 7.79. The molecule has 0 atom stereocenters. The van der Waals surface area contributed by atoms with Crippen LogP contribution in [-0.2, 0) is 19.4 Å². The second kappa shape index (κ2) is 11.2.